The van der Waals surface area contributed by atoms with Crippen LogP contribution in [0.25, 0.3) is 0 Å². The summed E-state index contributed by atoms with van der Waals surface area (Å²) in [5, 5.41) is 8.52. The minimum absolute atomic E-state index is 0.233. The summed E-state index contributed by atoms with van der Waals surface area (Å²) >= 11 is 0. The highest BCUT2D eigenvalue weighted by Gasteiger charge is 2.10. The molecule has 0 aliphatic heterocycles. The van der Waals surface area contributed by atoms with Crippen LogP contribution in [-0.4, -0.2) is 42.4 Å². The molecule has 0 aliphatic carbocycles. The Morgan fingerprint density at radius 3 is 2.15 bits per heavy atom. The molecule has 0 unspecified atom stereocenters. The zero-order valence-corrected chi connectivity index (χ0v) is 11.8. The second-order valence-corrected chi connectivity index (χ2v) is 5.63. The van der Waals surface area contributed by atoms with Crippen LogP contribution in [0, 0.1) is 0 Å². The Bertz CT molecular complexity index is 490. The topological polar surface area (TPSA) is 144 Å². The quantitative estimate of drug-likeness (QED) is 0.535. The van der Waals surface area contributed by atoms with Gasteiger partial charge in [0.1, 0.15) is 6.04 Å². The van der Waals surface area contributed by atoms with Gasteiger partial charge in [-0.15, -0.1) is 0 Å². The second kappa shape index (κ2) is 9.43. The number of hydrogen-bond acceptors (Lipinski definition) is 5. The van der Waals surface area contributed by atoms with Gasteiger partial charge in [-0.1, -0.05) is 30.3 Å². The van der Waals surface area contributed by atoms with E-state index in [1.807, 2.05) is 30.3 Å². The Labute approximate surface area is 118 Å². The predicted molar refractivity (Wildman–Crippen MR) is 75.8 cm³/mol. The molecule has 1 aromatic rings. The van der Waals surface area contributed by atoms with Gasteiger partial charge in [0.15, 0.2) is 0 Å². The molecule has 0 saturated heterocycles. The van der Waals surface area contributed by atoms with Crippen molar-refractivity contribution in [1.82, 2.24) is 0 Å². The minimum atomic E-state index is -3.77. The summed E-state index contributed by atoms with van der Waals surface area (Å²) in [4.78, 5) is 10.4. The van der Waals surface area contributed by atoms with Crippen molar-refractivity contribution < 1.29 is 22.9 Å². The van der Waals surface area contributed by atoms with Gasteiger partial charge in [0.25, 0.3) is 10.1 Å². The van der Waals surface area contributed by atoms with Gasteiger partial charge >= 0.3 is 5.97 Å². The third-order valence-corrected chi connectivity index (χ3v) is 3.03. The van der Waals surface area contributed by atoms with Crippen LogP contribution in [-0.2, 0) is 21.3 Å². The van der Waals surface area contributed by atoms with E-state index in [0.29, 0.717) is 19.4 Å². The van der Waals surface area contributed by atoms with Crippen LogP contribution < -0.4 is 11.5 Å². The Morgan fingerprint density at radius 2 is 1.80 bits per heavy atom. The zero-order chi connectivity index (χ0) is 15.6. The molecule has 0 spiro atoms. The van der Waals surface area contributed by atoms with E-state index in [4.69, 9.17) is 21.1 Å². The van der Waals surface area contributed by atoms with E-state index in [0.717, 1.165) is 5.56 Å². The second-order valence-electron chi connectivity index (χ2n) is 4.06. The summed E-state index contributed by atoms with van der Waals surface area (Å²) in [6, 6.07) is 8.54. The largest absolute Gasteiger partial charge is 0.480 e. The Hall–Kier alpha value is -1.48. The van der Waals surface area contributed by atoms with Gasteiger partial charge in [-0.3, -0.25) is 9.35 Å². The molecule has 0 amide bonds. The standard InChI is InChI=1S/C9H11NO2.C3H9NO3S/c10-8(9(11)12)6-7-4-2-1-3-5-7;4-2-1-3-8(5,6)7/h1-5,8H,6,10H2,(H,11,12);1-4H2,(H,5,6,7)/t8-;/m0./s1. The number of benzene rings is 1. The molecule has 0 heterocycles. The van der Waals surface area contributed by atoms with Crippen molar-refractivity contribution >= 4 is 16.1 Å². The molecule has 1 atom stereocenters. The van der Waals surface area contributed by atoms with E-state index >= 15 is 0 Å². The van der Waals surface area contributed by atoms with Crippen LogP contribution in [0.1, 0.15) is 12.0 Å². The Morgan fingerprint density at radius 1 is 1.25 bits per heavy atom. The van der Waals surface area contributed by atoms with Gasteiger partial charge in [0.05, 0.1) is 5.75 Å². The SMILES string of the molecule is NCCCS(=O)(=O)O.N[C@@H](Cc1ccccc1)C(=O)O. The molecule has 0 fully saturated rings. The van der Waals surface area contributed by atoms with E-state index in [1.54, 1.807) is 0 Å². The number of hydrogen-bond donors (Lipinski definition) is 4. The van der Waals surface area contributed by atoms with Crippen molar-refractivity contribution in [2.75, 3.05) is 12.3 Å². The summed E-state index contributed by atoms with van der Waals surface area (Å²) in [5.74, 6) is -1.19. The predicted octanol–water partition coefficient (Wildman–Crippen LogP) is -0.136. The van der Waals surface area contributed by atoms with Gasteiger partial charge in [-0.2, -0.15) is 8.42 Å². The maximum atomic E-state index is 10.4. The summed E-state index contributed by atoms with van der Waals surface area (Å²) in [7, 11) is -3.77. The van der Waals surface area contributed by atoms with Crippen LogP contribution in [0.5, 0.6) is 0 Å². The molecule has 0 radical (unpaired) electrons. The lowest BCUT2D eigenvalue weighted by Gasteiger charge is -2.04. The molecule has 1 aromatic carbocycles. The fourth-order valence-electron chi connectivity index (χ4n) is 1.22. The lowest BCUT2D eigenvalue weighted by molar-refractivity contribution is -0.138. The smallest absolute Gasteiger partial charge is 0.320 e. The van der Waals surface area contributed by atoms with Gasteiger partial charge in [-0.25, -0.2) is 0 Å². The van der Waals surface area contributed by atoms with Crippen LogP contribution in [0.4, 0.5) is 0 Å². The number of carboxylic acids is 1. The van der Waals surface area contributed by atoms with Crippen molar-refractivity contribution in [2.24, 2.45) is 11.5 Å². The first kappa shape index (κ1) is 18.5. The van der Waals surface area contributed by atoms with E-state index < -0.39 is 22.1 Å². The Kier molecular flexibility index (Phi) is 8.73. The lowest BCUT2D eigenvalue weighted by Crippen LogP contribution is -2.32. The zero-order valence-electron chi connectivity index (χ0n) is 11.0. The van der Waals surface area contributed by atoms with E-state index in [2.05, 4.69) is 0 Å². The Balaban J connectivity index is 0.000000396. The van der Waals surface area contributed by atoms with Crippen LogP contribution in [0.3, 0.4) is 0 Å². The fourth-order valence-corrected chi connectivity index (χ4v) is 1.75. The minimum Gasteiger partial charge on any atom is -0.480 e. The van der Waals surface area contributed by atoms with E-state index in [9.17, 15) is 13.2 Å². The van der Waals surface area contributed by atoms with Gasteiger partial charge < -0.3 is 16.6 Å². The summed E-state index contributed by atoms with van der Waals surface area (Å²) in [6.07, 6.45) is 0.703. The fraction of sp³-hybridized carbons (Fsp3) is 0.417. The third-order valence-electron chi connectivity index (χ3n) is 2.22. The molecule has 0 aliphatic rings. The summed E-state index contributed by atoms with van der Waals surface area (Å²) < 4.78 is 27.8. The normalized spacial score (nSPS) is 12.2. The van der Waals surface area contributed by atoms with Gasteiger partial charge in [-0.05, 0) is 24.9 Å². The van der Waals surface area contributed by atoms with Crippen molar-refractivity contribution in [3.8, 4) is 0 Å². The first-order valence-electron chi connectivity index (χ1n) is 5.94. The maximum absolute atomic E-state index is 10.4. The maximum Gasteiger partial charge on any atom is 0.320 e. The summed E-state index contributed by atoms with van der Waals surface area (Å²) in [6.45, 7) is 0.291. The highest BCUT2D eigenvalue weighted by atomic mass is 32.2. The average Bonchev–Trinajstić information content (AvgIpc) is 2.37. The lowest BCUT2D eigenvalue weighted by atomic mass is 10.1. The number of carbonyl (C=O) groups is 1. The van der Waals surface area contributed by atoms with Crippen LogP contribution in [0.2, 0.25) is 0 Å². The van der Waals surface area contributed by atoms with Gasteiger partial charge in [0, 0.05) is 0 Å². The average molecular weight is 304 g/mol. The first-order chi connectivity index (χ1) is 9.26. The molecule has 7 nitrogen and oxygen atoms in total. The first-order valence-corrected chi connectivity index (χ1v) is 7.54. The molecular weight excluding hydrogens is 284 g/mol. The number of carboxylic acid groups (broad SMARTS) is 1. The van der Waals surface area contributed by atoms with E-state index in [-0.39, 0.29) is 5.75 Å². The molecule has 8 heteroatoms. The van der Waals surface area contributed by atoms with Gasteiger partial charge in [0.2, 0.25) is 0 Å². The summed E-state index contributed by atoms with van der Waals surface area (Å²) in [5.41, 5.74) is 11.3. The van der Waals surface area contributed by atoms with Crippen molar-refractivity contribution in [3.63, 3.8) is 0 Å². The molecular formula is C12H20N2O5S. The van der Waals surface area contributed by atoms with E-state index in [1.165, 1.54) is 0 Å². The number of aliphatic carboxylic acids is 1. The van der Waals surface area contributed by atoms with Crippen molar-refractivity contribution in [2.45, 2.75) is 18.9 Å². The molecule has 0 saturated carbocycles. The molecule has 114 valence electrons. The number of nitrogens with two attached hydrogens (primary N) is 2. The molecule has 1 rings (SSSR count). The molecule has 0 aromatic heterocycles. The molecule has 6 N–H and O–H groups in total. The highest BCUT2D eigenvalue weighted by Crippen LogP contribution is 2.01. The third kappa shape index (κ3) is 10.4. The van der Waals surface area contributed by atoms with Crippen molar-refractivity contribution in [3.05, 3.63) is 35.9 Å². The molecule has 0 bridgehead atoms. The number of rotatable bonds is 6. The van der Waals surface area contributed by atoms with Crippen molar-refractivity contribution in [1.29, 1.82) is 0 Å². The monoisotopic (exact) mass is 304 g/mol. The van der Waals surface area contributed by atoms with Crippen LogP contribution in [0.15, 0.2) is 30.3 Å². The highest BCUT2D eigenvalue weighted by molar-refractivity contribution is 7.85. The molecule has 20 heavy (non-hydrogen) atoms. The van der Waals surface area contributed by atoms with Crippen LogP contribution >= 0.6 is 0 Å².